The lowest BCUT2D eigenvalue weighted by atomic mass is 10.1. The molecule has 0 fully saturated rings. The van der Waals surface area contributed by atoms with Crippen molar-refractivity contribution in [2.24, 2.45) is 0 Å². The summed E-state index contributed by atoms with van der Waals surface area (Å²) in [5.74, 6) is 1.13. The summed E-state index contributed by atoms with van der Waals surface area (Å²) in [7, 11) is 4.02. The fraction of sp³-hybridized carbons (Fsp3) is 0.217. The monoisotopic (exact) mass is 375 g/mol. The van der Waals surface area contributed by atoms with Crippen LogP contribution < -0.4 is 9.64 Å². The number of rotatable bonds is 7. The van der Waals surface area contributed by atoms with Crippen molar-refractivity contribution in [3.8, 4) is 11.6 Å². The van der Waals surface area contributed by atoms with Gasteiger partial charge in [-0.3, -0.25) is 4.79 Å². The molecule has 0 aliphatic carbocycles. The maximum atomic E-state index is 12.9. The molecule has 0 aliphatic rings. The van der Waals surface area contributed by atoms with Gasteiger partial charge in [-0.1, -0.05) is 30.3 Å². The topological polar surface area (TPSA) is 45.7 Å². The van der Waals surface area contributed by atoms with Crippen LogP contribution in [0.25, 0.3) is 0 Å². The molecule has 0 atom stereocenters. The zero-order chi connectivity index (χ0) is 19.9. The number of hydrogen-bond acceptors (Lipinski definition) is 4. The highest BCUT2D eigenvalue weighted by molar-refractivity contribution is 5.93. The van der Waals surface area contributed by atoms with Gasteiger partial charge in [-0.15, -0.1) is 0 Å². The SMILES string of the molecule is CCN(Cc1ccc(N(C)C)cc1)C(=O)c1ccc(Oc2ccccc2)nc1. The molecule has 1 amide bonds. The number of nitrogens with zero attached hydrogens (tertiary/aromatic N) is 3. The number of carbonyl (C=O) groups is 1. The predicted molar refractivity (Wildman–Crippen MR) is 112 cm³/mol. The van der Waals surface area contributed by atoms with E-state index in [0.717, 1.165) is 11.3 Å². The summed E-state index contributed by atoms with van der Waals surface area (Å²) >= 11 is 0. The molecule has 0 saturated carbocycles. The number of aromatic nitrogens is 1. The van der Waals surface area contributed by atoms with Crippen molar-refractivity contribution in [1.29, 1.82) is 0 Å². The Balaban J connectivity index is 1.66. The van der Waals surface area contributed by atoms with E-state index in [4.69, 9.17) is 4.74 Å². The molecule has 0 unspecified atom stereocenters. The maximum Gasteiger partial charge on any atom is 0.255 e. The first kappa shape index (κ1) is 19.4. The van der Waals surface area contributed by atoms with E-state index < -0.39 is 0 Å². The van der Waals surface area contributed by atoms with Crippen LogP contribution >= 0.6 is 0 Å². The third-order valence-electron chi connectivity index (χ3n) is 4.44. The number of ether oxygens (including phenoxy) is 1. The van der Waals surface area contributed by atoms with Crippen molar-refractivity contribution < 1.29 is 9.53 Å². The number of amides is 1. The fourth-order valence-electron chi connectivity index (χ4n) is 2.81. The molecule has 0 saturated heterocycles. The summed E-state index contributed by atoms with van der Waals surface area (Å²) in [5, 5.41) is 0. The second-order valence-corrected chi connectivity index (χ2v) is 6.68. The number of benzene rings is 2. The van der Waals surface area contributed by atoms with Crippen LogP contribution in [-0.2, 0) is 6.54 Å². The van der Waals surface area contributed by atoms with E-state index in [1.54, 1.807) is 23.2 Å². The van der Waals surface area contributed by atoms with Gasteiger partial charge in [0, 0.05) is 45.1 Å². The first-order valence-electron chi connectivity index (χ1n) is 9.31. The third kappa shape index (κ3) is 4.88. The normalized spacial score (nSPS) is 10.4. The van der Waals surface area contributed by atoms with Crippen LogP contribution in [0.1, 0.15) is 22.8 Å². The number of para-hydroxylation sites is 1. The van der Waals surface area contributed by atoms with Crippen molar-refractivity contribution in [1.82, 2.24) is 9.88 Å². The molecule has 2 aromatic carbocycles. The molecule has 28 heavy (non-hydrogen) atoms. The van der Waals surface area contributed by atoms with Crippen LogP contribution in [-0.4, -0.2) is 36.4 Å². The van der Waals surface area contributed by atoms with Crippen LogP contribution in [0, 0.1) is 0 Å². The summed E-state index contributed by atoms with van der Waals surface area (Å²) in [6.45, 7) is 3.16. The molecule has 3 aromatic rings. The zero-order valence-corrected chi connectivity index (χ0v) is 16.5. The van der Waals surface area contributed by atoms with Crippen molar-refractivity contribution in [2.75, 3.05) is 25.5 Å². The Morgan fingerprint density at radius 1 is 0.964 bits per heavy atom. The Labute approximate surface area is 166 Å². The van der Waals surface area contributed by atoms with Crippen molar-refractivity contribution >= 4 is 11.6 Å². The third-order valence-corrected chi connectivity index (χ3v) is 4.44. The maximum absolute atomic E-state index is 12.9. The van der Waals surface area contributed by atoms with Crippen LogP contribution in [0.4, 0.5) is 5.69 Å². The second-order valence-electron chi connectivity index (χ2n) is 6.68. The van der Waals surface area contributed by atoms with Gasteiger partial charge in [-0.25, -0.2) is 4.98 Å². The lowest BCUT2D eigenvalue weighted by Crippen LogP contribution is -2.30. The molecule has 0 bridgehead atoms. The second kappa shape index (κ2) is 9.04. The Kier molecular flexibility index (Phi) is 6.27. The lowest BCUT2D eigenvalue weighted by Gasteiger charge is -2.21. The van der Waals surface area contributed by atoms with Crippen LogP contribution in [0.5, 0.6) is 11.6 Å². The minimum atomic E-state index is -0.0436. The van der Waals surface area contributed by atoms with Crippen LogP contribution in [0.3, 0.4) is 0 Å². The minimum absolute atomic E-state index is 0.0436. The summed E-state index contributed by atoms with van der Waals surface area (Å²) in [6, 6.07) is 21.2. The first-order valence-corrected chi connectivity index (χ1v) is 9.31. The molecular formula is C23H25N3O2. The molecule has 0 radical (unpaired) electrons. The fourth-order valence-corrected chi connectivity index (χ4v) is 2.81. The average Bonchev–Trinajstić information content (AvgIpc) is 2.73. The van der Waals surface area contributed by atoms with E-state index in [1.807, 2.05) is 51.4 Å². The largest absolute Gasteiger partial charge is 0.439 e. The van der Waals surface area contributed by atoms with Gasteiger partial charge < -0.3 is 14.5 Å². The Bertz CT molecular complexity index is 891. The molecule has 5 nitrogen and oxygen atoms in total. The summed E-state index contributed by atoms with van der Waals surface area (Å²) in [6.07, 6.45) is 1.57. The van der Waals surface area contributed by atoms with Crippen LogP contribution in [0.15, 0.2) is 72.9 Å². The molecule has 0 aliphatic heterocycles. The molecule has 3 rings (SSSR count). The van der Waals surface area contributed by atoms with Gasteiger partial charge in [0.1, 0.15) is 5.75 Å². The molecule has 0 spiro atoms. The van der Waals surface area contributed by atoms with Crippen molar-refractivity contribution in [3.05, 3.63) is 84.1 Å². The predicted octanol–water partition coefficient (Wildman–Crippen LogP) is 4.60. The summed E-state index contributed by atoms with van der Waals surface area (Å²) in [5.41, 5.74) is 2.78. The van der Waals surface area contributed by atoms with Gasteiger partial charge in [0.15, 0.2) is 0 Å². The Morgan fingerprint density at radius 3 is 2.25 bits per heavy atom. The molecular weight excluding hydrogens is 350 g/mol. The van der Waals surface area contributed by atoms with E-state index in [0.29, 0.717) is 30.3 Å². The summed E-state index contributed by atoms with van der Waals surface area (Å²) < 4.78 is 5.69. The van der Waals surface area contributed by atoms with Gasteiger partial charge in [-0.2, -0.15) is 0 Å². The highest BCUT2D eigenvalue weighted by Gasteiger charge is 2.15. The molecule has 1 aromatic heterocycles. The number of anilines is 1. The zero-order valence-electron chi connectivity index (χ0n) is 16.5. The standard InChI is InChI=1S/C23H25N3O2/c1-4-26(17-18-10-13-20(14-11-18)25(2)3)23(27)19-12-15-22(24-16-19)28-21-8-6-5-7-9-21/h5-16H,4,17H2,1-3H3. The molecule has 0 N–H and O–H groups in total. The number of pyridine rings is 1. The van der Waals surface area contributed by atoms with E-state index in [9.17, 15) is 4.79 Å². The van der Waals surface area contributed by atoms with Gasteiger partial charge in [-0.05, 0) is 42.8 Å². The van der Waals surface area contributed by atoms with Gasteiger partial charge in [0.25, 0.3) is 5.91 Å². The Hall–Kier alpha value is -3.34. The average molecular weight is 375 g/mol. The van der Waals surface area contributed by atoms with Crippen molar-refractivity contribution in [2.45, 2.75) is 13.5 Å². The van der Waals surface area contributed by atoms with E-state index in [-0.39, 0.29) is 5.91 Å². The van der Waals surface area contributed by atoms with Gasteiger partial charge in [0.05, 0.1) is 5.56 Å². The van der Waals surface area contributed by atoms with E-state index in [1.165, 1.54) is 0 Å². The van der Waals surface area contributed by atoms with E-state index >= 15 is 0 Å². The number of hydrogen-bond donors (Lipinski definition) is 0. The highest BCUT2D eigenvalue weighted by atomic mass is 16.5. The molecule has 5 heteroatoms. The first-order chi connectivity index (χ1) is 13.6. The quantitative estimate of drug-likeness (QED) is 0.605. The smallest absolute Gasteiger partial charge is 0.255 e. The van der Waals surface area contributed by atoms with Crippen LogP contribution in [0.2, 0.25) is 0 Å². The van der Waals surface area contributed by atoms with Crippen molar-refractivity contribution in [3.63, 3.8) is 0 Å². The van der Waals surface area contributed by atoms with E-state index in [2.05, 4.69) is 34.1 Å². The number of carbonyl (C=O) groups excluding carboxylic acids is 1. The molecule has 144 valence electrons. The highest BCUT2D eigenvalue weighted by Crippen LogP contribution is 2.20. The Morgan fingerprint density at radius 2 is 1.68 bits per heavy atom. The summed E-state index contributed by atoms with van der Waals surface area (Å²) in [4.78, 5) is 21.0. The molecule has 1 heterocycles. The lowest BCUT2D eigenvalue weighted by molar-refractivity contribution is 0.0752. The van der Waals surface area contributed by atoms with Gasteiger partial charge in [0.2, 0.25) is 5.88 Å². The minimum Gasteiger partial charge on any atom is -0.439 e. The van der Waals surface area contributed by atoms with Gasteiger partial charge >= 0.3 is 0 Å².